The number of benzene rings is 2. The Labute approximate surface area is 184 Å². The third-order valence-electron chi connectivity index (χ3n) is 4.84. The monoisotopic (exact) mass is 434 g/mol. The number of nitrogens with zero attached hydrogens (tertiary/aromatic N) is 3. The lowest BCUT2D eigenvalue weighted by Crippen LogP contribution is -2.19. The van der Waals surface area contributed by atoms with E-state index in [1.807, 2.05) is 73.1 Å². The van der Waals surface area contributed by atoms with Crippen molar-refractivity contribution in [1.29, 1.82) is 0 Å². The number of methoxy groups -OCH3 is 1. The van der Waals surface area contributed by atoms with Crippen LogP contribution in [0.3, 0.4) is 0 Å². The van der Waals surface area contributed by atoms with Crippen LogP contribution in [0.1, 0.15) is 16.6 Å². The highest BCUT2D eigenvalue weighted by Gasteiger charge is 2.26. The minimum atomic E-state index is -0.520. The molecule has 0 bridgehead atoms. The molecule has 7 nitrogen and oxygen atoms in total. The van der Waals surface area contributed by atoms with Crippen molar-refractivity contribution in [2.45, 2.75) is 17.3 Å². The number of ether oxygens (including phenoxy) is 1. The Balaban J connectivity index is 1.63. The Morgan fingerprint density at radius 3 is 2.65 bits per heavy atom. The third-order valence-corrected chi connectivity index (χ3v) is 6.12. The van der Waals surface area contributed by atoms with Crippen LogP contribution in [-0.2, 0) is 11.8 Å². The Bertz CT molecular complexity index is 1190. The Morgan fingerprint density at radius 1 is 1.13 bits per heavy atom. The molecule has 0 fully saturated rings. The lowest BCUT2D eigenvalue weighted by molar-refractivity contribution is -0.115. The molecule has 2 aromatic heterocycles. The average Bonchev–Trinajstić information content (AvgIpc) is 3.37. The van der Waals surface area contributed by atoms with E-state index in [2.05, 4.69) is 15.5 Å². The Morgan fingerprint density at radius 2 is 1.94 bits per heavy atom. The number of furan rings is 1. The number of anilines is 1. The van der Waals surface area contributed by atoms with Crippen molar-refractivity contribution in [1.82, 2.24) is 14.8 Å². The van der Waals surface area contributed by atoms with E-state index in [4.69, 9.17) is 9.15 Å². The van der Waals surface area contributed by atoms with Gasteiger partial charge in [0.1, 0.15) is 16.8 Å². The van der Waals surface area contributed by atoms with Crippen molar-refractivity contribution in [3.8, 4) is 17.1 Å². The fraction of sp³-hybridized carbons (Fsp3) is 0.174. The van der Waals surface area contributed by atoms with Gasteiger partial charge in [-0.1, -0.05) is 48.2 Å². The van der Waals surface area contributed by atoms with Crippen LogP contribution in [0.25, 0.3) is 11.4 Å². The molecule has 1 amide bonds. The van der Waals surface area contributed by atoms with Gasteiger partial charge in [0.15, 0.2) is 11.0 Å². The van der Waals surface area contributed by atoms with E-state index in [0.717, 1.165) is 16.9 Å². The zero-order chi connectivity index (χ0) is 21.8. The van der Waals surface area contributed by atoms with Gasteiger partial charge in [0.05, 0.1) is 18.9 Å². The van der Waals surface area contributed by atoms with Crippen molar-refractivity contribution in [2.24, 2.45) is 7.05 Å². The molecule has 0 unspecified atom stereocenters. The summed E-state index contributed by atoms with van der Waals surface area (Å²) in [6.45, 7) is 1.88. The standard InChI is InChI=1S/C23H22N4O3S/c1-15-19(12-13-30-15)21-25-26-23(27(21)2)31-20(16-8-5-4-6-9-16)22(28)24-17-10-7-11-18(14-17)29-3/h4-14,20H,1-3H3,(H,24,28)/t20-/m0/s1. The van der Waals surface area contributed by atoms with Crippen LogP contribution in [0.5, 0.6) is 5.75 Å². The second-order valence-electron chi connectivity index (χ2n) is 6.89. The maximum absolute atomic E-state index is 13.3. The Hall–Kier alpha value is -3.52. The van der Waals surface area contributed by atoms with Crippen LogP contribution in [0.2, 0.25) is 0 Å². The molecule has 0 aliphatic carbocycles. The van der Waals surface area contributed by atoms with Crippen molar-refractivity contribution < 1.29 is 13.9 Å². The van der Waals surface area contributed by atoms with Crippen LogP contribution >= 0.6 is 11.8 Å². The predicted molar refractivity (Wildman–Crippen MR) is 120 cm³/mol. The molecule has 158 valence electrons. The minimum absolute atomic E-state index is 0.159. The number of thioether (sulfide) groups is 1. The van der Waals surface area contributed by atoms with E-state index in [1.54, 1.807) is 19.4 Å². The van der Waals surface area contributed by atoms with E-state index in [0.29, 0.717) is 22.4 Å². The molecule has 0 spiro atoms. The summed E-state index contributed by atoms with van der Waals surface area (Å²) < 4.78 is 12.5. The first-order chi connectivity index (χ1) is 15.1. The summed E-state index contributed by atoms with van der Waals surface area (Å²) >= 11 is 1.35. The first-order valence-electron chi connectivity index (χ1n) is 9.67. The highest BCUT2D eigenvalue weighted by molar-refractivity contribution is 8.00. The number of nitrogens with one attached hydrogen (secondary N) is 1. The Kier molecular flexibility index (Phi) is 6.08. The first-order valence-corrected chi connectivity index (χ1v) is 10.5. The molecule has 1 N–H and O–H groups in total. The third kappa shape index (κ3) is 4.49. The zero-order valence-electron chi connectivity index (χ0n) is 17.4. The molecule has 2 heterocycles. The number of aromatic nitrogens is 3. The van der Waals surface area contributed by atoms with Gasteiger partial charge in [-0.15, -0.1) is 10.2 Å². The van der Waals surface area contributed by atoms with E-state index < -0.39 is 5.25 Å². The number of hydrogen-bond acceptors (Lipinski definition) is 6. The van der Waals surface area contributed by atoms with Crippen molar-refractivity contribution >= 4 is 23.4 Å². The van der Waals surface area contributed by atoms with Gasteiger partial charge >= 0.3 is 0 Å². The van der Waals surface area contributed by atoms with Gasteiger partial charge in [0, 0.05) is 18.8 Å². The molecule has 1 atom stereocenters. The molecule has 0 saturated carbocycles. The largest absolute Gasteiger partial charge is 0.497 e. The molecular weight excluding hydrogens is 412 g/mol. The van der Waals surface area contributed by atoms with Crippen LogP contribution in [0, 0.1) is 6.92 Å². The number of aryl methyl sites for hydroxylation is 1. The molecule has 0 saturated heterocycles. The van der Waals surface area contributed by atoms with E-state index >= 15 is 0 Å². The van der Waals surface area contributed by atoms with E-state index in [9.17, 15) is 4.79 Å². The maximum atomic E-state index is 13.3. The average molecular weight is 435 g/mol. The quantitative estimate of drug-likeness (QED) is 0.418. The highest BCUT2D eigenvalue weighted by Crippen LogP contribution is 2.37. The van der Waals surface area contributed by atoms with Gasteiger partial charge in [-0.3, -0.25) is 4.79 Å². The fourth-order valence-corrected chi connectivity index (χ4v) is 4.19. The first kappa shape index (κ1) is 20.7. The fourth-order valence-electron chi connectivity index (χ4n) is 3.18. The summed E-state index contributed by atoms with van der Waals surface area (Å²) in [6.07, 6.45) is 1.63. The summed E-state index contributed by atoms with van der Waals surface area (Å²) in [6, 6.07) is 18.8. The van der Waals surface area contributed by atoms with Crippen molar-refractivity contribution in [3.63, 3.8) is 0 Å². The minimum Gasteiger partial charge on any atom is -0.497 e. The molecule has 4 rings (SSSR count). The van der Waals surface area contributed by atoms with E-state index in [-0.39, 0.29) is 5.91 Å². The molecular formula is C23H22N4O3S. The van der Waals surface area contributed by atoms with Crippen molar-refractivity contribution in [2.75, 3.05) is 12.4 Å². The number of amides is 1. The second-order valence-corrected chi connectivity index (χ2v) is 7.96. The van der Waals surface area contributed by atoms with Gasteiger partial charge in [0.2, 0.25) is 5.91 Å². The predicted octanol–water partition coefficient (Wildman–Crippen LogP) is 4.86. The summed E-state index contributed by atoms with van der Waals surface area (Å²) in [5, 5.41) is 11.7. The molecule has 4 aromatic rings. The normalized spacial score (nSPS) is 11.8. The number of carbonyl (C=O) groups excluding carboxylic acids is 1. The molecule has 8 heteroatoms. The van der Waals surface area contributed by atoms with Gasteiger partial charge in [-0.25, -0.2) is 0 Å². The zero-order valence-corrected chi connectivity index (χ0v) is 18.2. The highest BCUT2D eigenvalue weighted by atomic mass is 32.2. The van der Waals surface area contributed by atoms with Gasteiger partial charge in [-0.05, 0) is 30.7 Å². The maximum Gasteiger partial charge on any atom is 0.242 e. The lowest BCUT2D eigenvalue weighted by atomic mass is 10.1. The van der Waals surface area contributed by atoms with Crippen LogP contribution < -0.4 is 10.1 Å². The summed E-state index contributed by atoms with van der Waals surface area (Å²) in [5.74, 6) is 1.97. The van der Waals surface area contributed by atoms with Crippen LogP contribution in [-0.4, -0.2) is 27.8 Å². The lowest BCUT2D eigenvalue weighted by Gasteiger charge is -2.17. The van der Waals surface area contributed by atoms with E-state index in [1.165, 1.54) is 11.8 Å². The van der Waals surface area contributed by atoms with Gasteiger partial charge in [-0.2, -0.15) is 0 Å². The van der Waals surface area contributed by atoms with Crippen LogP contribution in [0.15, 0.2) is 76.5 Å². The summed E-state index contributed by atoms with van der Waals surface area (Å²) in [5.41, 5.74) is 2.41. The topological polar surface area (TPSA) is 82.2 Å². The number of hydrogen-bond donors (Lipinski definition) is 1. The van der Waals surface area contributed by atoms with Gasteiger partial charge in [0.25, 0.3) is 0 Å². The number of carbonyl (C=O) groups is 1. The summed E-state index contributed by atoms with van der Waals surface area (Å²) in [7, 11) is 3.48. The van der Waals surface area contributed by atoms with Crippen molar-refractivity contribution in [3.05, 3.63) is 78.3 Å². The van der Waals surface area contributed by atoms with Crippen LogP contribution in [0.4, 0.5) is 5.69 Å². The SMILES string of the molecule is COc1cccc(NC(=O)[C@@H](Sc2nnc(-c3ccoc3C)n2C)c2ccccc2)c1. The molecule has 0 radical (unpaired) electrons. The van der Waals surface area contributed by atoms with Gasteiger partial charge < -0.3 is 19.0 Å². The summed E-state index contributed by atoms with van der Waals surface area (Å²) in [4.78, 5) is 13.3. The second kappa shape index (κ2) is 9.09. The smallest absolute Gasteiger partial charge is 0.242 e. The molecule has 2 aromatic carbocycles. The number of rotatable bonds is 7. The molecule has 0 aliphatic rings. The molecule has 0 aliphatic heterocycles. The molecule has 31 heavy (non-hydrogen) atoms.